The summed E-state index contributed by atoms with van der Waals surface area (Å²) in [6, 6.07) is 1.85. The maximum Gasteiger partial charge on any atom is 0.328 e. The molecule has 0 aliphatic heterocycles. The molecule has 1 atom stereocenters. The van der Waals surface area contributed by atoms with Crippen molar-refractivity contribution in [1.82, 2.24) is 5.32 Å². The van der Waals surface area contributed by atoms with Crippen LogP contribution in [0.3, 0.4) is 0 Å². The van der Waals surface area contributed by atoms with E-state index in [1.54, 1.807) is 0 Å². The van der Waals surface area contributed by atoms with E-state index >= 15 is 0 Å². The fourth-order valence-electron chi connectivity index (χ4n) is 1.68. The van der Waals surface area contributed by atoms with Crippen LogP contribution in [0.2, 0.25) is 0 Å². The fourth-order valence-corrected chi connectivity index (χ4v) is 1.68. The monoisotopic (exact) mass is 295 g/mol. The number of unbranched alkanes of at least 4 members (excludes halogenated alkanes) is 1. The highest BCUT2D eigenvalue weighted by atomic mass is 19.2. The van der Waals surface area contributed by atoms with E-state index in [1.807, 2.05) is 0 Å². The summed E-state index contributed by atoms with van der Waals surface area (Å²) < 4.78 is 30.5. The minimum absolute atomic E-state index is 0.0836. The number of esters is 1. The molecule has 0 bridgehead atoms. The van der Waals surface area contributed by atoms with E-state index in [9.17, 15) is 18.4 Å². The van der Waals surface area contributed by atoms with E-state index in [4.69, 9.17) is 6.42 Å². The van der Waals surface area contributed by atoms with Crippen molar-refractivity contribution in [3.05, 3.63) is 35.4 Å². The lowest BCUT2D eigenvalue weighted by Gasteiger charge is -2.16. The van der Waals surface area contributed by atoms with Crippen LogP contribution in [0.4, 0.5) is 8.78 Å². The summed E-state index contributed by atoms with van der Waals surface area (Å²) in [7, 11) is 1.19. The second kappa shape index (κ2) is 8.00. The van der Waals surface area contributed by atoms with E-state index in [0.29, 0.717) is 19.3 Å². The molecule has 0 radical (unpaired) electrons. The highest BCUT2D eigenvalue weighted by Gasteiger charge is 2.22. The number of hydrogen-bond acceptors (Lipinski definition) is 3. The van der Waals surface area contributed by atoms with Gasteiger partial charge in [-0.25, -0.2) is 13.6 Å². The zero-order valence-corrected chi connectivity index (χ0v) is 11.5. The predicted molar refractivity (Wildman–Crippen MR) is 72.3 cm³/mol. The first-order chi connectivity index (χ1) is 9.99. The van der Waals surface area contributed by atoms with Crippen LogP contribution in [0.5, 0.6) is 0 Å². The van der Waals surface area contributed by atoms with Crippen molar-refractivity contribution in [3.63, 3.8) is 0 Å². The Balaban J connectivity index is 2.77. The molecule has 0 aliphatic rings. The third-order valence-corrected chi connectivity index (χ3v) is 2.79. The number of nitrogens with one attached hydrogen (secondary N) is 1. The lowest BCUT2D eigenvalue weighted by molar-refractivity contribution is -0.143. The predicted octanol–water partition coefficient (Wildman–Crippen LogP) is 2.04. The molecule has 0 aliphatic carbocycles. The third kappa shape index (κ3) is 4.88. The van der Waals surface area contributed by atoms with Gasteiger partial charge in [0.1, 0.15) is 6.04 Å². The molecule has 0 aromatic heterocycles. The molecular formula is C15H15F2NO3. The molecule has 4 nitrogen and oxygen atoms in total. The summed E-state index contributed by atoms with van der Waals surface area (Å²) in [5.74, 6) is -1.07. The van der Waals surface area contributed by atoms with Crippen molar-refractivity contribution in [2.75, 3.05) is 7.11 Å². The second-order valence-corrected chi connectivity index (χ2v) is 4.27. The topological polar surface area (TPSA) is 55.4 Å². The van der Waals surface area contributed by atoms with Gasteiger partial charge < -0.3 is 10.1 Å². The number of carbonyl (C=O) groups is 2. The Morgan fingerprint density at radius 2 is 2.10 bits per heavy atom. The molecule has 0 saturated carbocycles. The Labute approximate surface area is 121 Å². The highest BCUT2D eigenvalue weighted by molar-refractivity contribution is 5.96. The van der Waals surface area contributed by atoms with Gasteiger partial charge in [-0.1, -0.05) is 0 Å². The summed E-state index contributed by atoms with van der Waals surface area (Å²) in [5.41, 5.74) is -0.0836. The number of rotatable bonds is 6. The number of terminal acetylenes is 1. The van der Waals surface area contributed by atoms with Crippen molar-refractivity contribution in [2.24, 2.45) is 0 Å². The van der Waals surface area contributed by atoms with Crippen molar-refractivity contribution in [3.8, 4) is 12.3 Å². The minimum Gasteiger partial charge on any atom is -0.467 e. The van der Waals surface area contributed by atoms with Gasteiger partial charge in [-0.2, -0.15) is 0 Å². The number of hydrogen-bond donors (Lipinski definition) is 1. The summed E-state index contributed by atoms with van der Waals surface area (Å²) in [4.78, 5) is 23.5. The van der Waals surface area contributed by atoms with Crippen LogP contribution in [-0.4, -0.2) is 25.0 Å². The molecule has 0 heterocycles. The van der Waals surface area contributed by atoms with Crippen molar-refractivity contribution in [1.29, 1.82) is 0 Å². The second-order valence-electron chi connectivity index (χ2n) is 4.27. The normalized spacial score (nSPS) is 11.3. The van der Waals surface area contributed by atoms with Crippen LogP contribution >= 0.6 is 0 Å². The summed E-state index contributed by atoms with van der Waals surface area (Å²) in [5, 5.41) is 2.42. The van der Waals surface area contributed by atoms with Gasteiger partial charge in [-0.05, 0) is 31.0 Å². The molecule has 1 rings (SSSR count). The Morgan fingerprint density at radius 1 is 1.38 bits per heavy atom. The lowest BCUT2D eigenvalue weighted by Crippen LogP contribution is -2.41. The van der Waals surface area contributed by atoms with Crippen LogP contribution in [0.1, 0.15) is 29.6 Å². The van der Waals surface area contributed by atoms with Gasteiger partial charge in [0.05, 0.1) is 7.11 Å². The smallest absolute Gasteiger partial charge is 0.328 e. The van der Waals surface area contributed by atoms with Crippen molar-refractivity contribution < 1.29 is 23.1 Å². The Hall–Kier alpha value is -2.42. The number of benzene rings is 1. The van der Waals surface area contributed by atoms with Gasteiger partial charge >= 0.3 is 5.97 Å². The van der Waals surface area contributed by atoms with Gasteiger partial charge in [0.2, 0.25) is 0 Å². The van der Waals surface area contributed by atoms with E-state index < -0.39 is 29.6 Å². The van der Waals surface area contributed by atoms with Gasteiger partial charge in [0, 0.05) is 12.0 Å². The van der Waals surface area contributed by atoms with Crippen molar-refractivity contribution >= 4 is 11.9 Å². The molecule has 0 spiro atoms. The van der Waals surface area contributed by atoms with Gasteiger partial charge in [0.15, 0.2) is 11.6 Å². The maximum absolute atomic E-state index is 13.1. The summed E-state index contributed by atoms with van der Waals surface area (Å²) in [6.45, 7) is 0. The largest absolute Gasteiger partial charge is 0.467 e. The molecule has 0 saturated heterocycles. The first kappa shape index (κ1) is 16.6. The molecular weight excluding hydrogens is 280 g/mol. The first-order valence-electron chi connectivity index (χ1n) is 6.26. The fraction of sp³-hybridized carbons (Fsp3) is 0.333. The van der Waals surface area contributed by atoms with Crippen LogP contribution < -0.4 is 5.32 Å². The van der Waals surface area contributed by atoms with Crippen LogP contribution in [0, 0.1) is 24.0 Å². The standard InChI is InChI=1S/C15H15F2NO3/c1-3-4-5-6-13(15(20)21-2)18-14(19)10-7-8-11(16)12(17)9-10/h1,7-9,13H,4-6H2,2H3,(H,18,19)/t13-/m0/s1. The average molecular weight is 295 g/mol. The van der Waals surface area contributed by atoms with Gasteiger partial charge in [-0.15, -0.1) is 12.3 Å². The summed E-state index contributed by atoms with van der Waals surface area (Å²) >= 11 is 0. The summed E-state index contributed by atoms with van der Waals surface area (Å²) in [6.07, 6.45) is 6.39. The molecule has 6 heteroatoms. The Bertz CT molecular complexity index is 567. The highest BCUT2D eigenvalue weighted by Crippen LogP contribution is 2.10. The Kier molecular flexibility index (Phi) is 6.34. The molecule has 1 aromatic rings. The average Bonchev–Trinajstić information content (AvgIpc) is 2.48. The van der Waals surface area contributed by atoms with E-state index in [2.05, 4.69) is 16.0 Å². The van der Waals surface area contributed by atoms with Crippen LogP contribution in [0.15, 0.2) is 18.2 Å². The minimum atomic E-state index is -1.13. The van der Waals surface area contributed by atoms with E-state index in [1.165, 1.54) is 7.11 Å². The lowest BCUT2D eigenvalue weighted by atomic mass is 10.1. The van der Waals surface area contributed by atoms with Crippen LogP contribution in [-0.2, 0) is 9.53 Å². The molecule has 0 unspecified atom stereocenters. The zero-order chi connectivity index (χ0) is 15.8. The number of methoxy groups -OCH3 is 1. The number of carbonyl (C=O) groups excluding carboxylic acids is 2. The first-order valence-corrected chi connectivity index (χ1v) is 6.26. The number of amides is 1. The van der Waals surface area contributed by atoms with E-state index in [-0.39, 0.29) is 5.56 Å². The zero-order valence-electron chi connectivity index (χ0n) is 11.5. The number of ether oxygens (including phenoxy) is 1. The molecule has 1 aromatic carbocycles. The molecule has 0 fully saturated rings. The molecule has 112 valence electrons. The van der Waals surface area contributed by atoms with Crippen molar-refractivity contribution in [2.45, 2.75) is 25.3 Å². The van der Waals surface area contributed by atoms with Gasteiger partial charge in [0.25, 0.3) is 5.91 Å². The quantitative estimate of drug-likeness (QED) is 0.496. The SMILES string of the molecule is C#CCCC[C@H](NC(=O)c1ccc(F)c(F)c1)C(=O)OC. The van der Waals surface area contributed by atoms with Crippen LogP contribution in [0.25, 0.3) is 0 Å². The van der Waals surface area contributed by atoms with E-state index in [0.717, 1.165) is 18.2 Å². The Morgan fingerprint density at radius 3 is 2.67 bits per heavy atom. The maximum atomic E-state index is 13.1. The molecule has 1 N–H and O–H groups in total. The third-order valence-electron chi connectivity index (χ3n) is 2.79. The molecule has 1 amide bonds. The van der Waals surface area contributed by atoms with Gasteiger partial charge in [-0.3, -0.25) is 4.79 Å². The molecule has 21 heavy (non-hydrogen) atoms. The number of halogens is 2.